The highest BCUT2D eigenvalue weighted by Crippen LogP contribution is 2.21. The number of fused-ring (bicyclic) bond motifs is 2. The van der Waals surface area contributed by atoms with Gasteiger partial charge in [-0.2, -0.15) is 0 Å². The zero-order chi connectivity index (χ0) is 20.5. The van der Waals surface area contributed by atoms with E-state index in [1.807, 2.05) is 41.3 Å². The maximum atomic E-state index is 12.8. The number of aryl methyl sites for hydroxylation is 1. The fraction of sp³-hybridized carbons (Fsp3) is 0.292. The molecule has 1 saturated heterocycles. The van der Waals surface area contributed by atoms with Crippen LogP contribution in [-0.4, -0.2) is 65.0 Å². The molecule has 6 heteroatoms. The molecule has 0 aliphatic carbocycles. The molecule has 2 aromatic carbocycles. The molecule has 0 spiro atoms. The Balaban J connectivity index is 1.11. The van der Waals surface area contributed by atoms with Gasteiger partial charge in [0.1, 0.15) is 18.1 Å². The van der Waals surface area contributed by atoms with Crippen molar-refractivity contribution in [1.29, 1.82) is 0 Å². The number of ether oxygens (including phenoxy) is 1. The first-order valence-electron chi connectivity index (χ1n) is 10.5. The van der Waals surface area contributed by atoms with Crippen molar-refractivity contribution in [2.75, 3.05) is 39.3 Å². The number of nitrogens with one attached hydrogen (secondary N) is 2. The lowest BCUT2D eigenvalue weighted by molar-refractivity contribution is 0.0615. The van der Waals surface area contributed by atoms with Crippen molar-refractivity contribution in [3.8, 4) is 5.75 Å². The summed E-state index contributed by atoms with van der Waals surface area (Å²) in [5.41, 5.74) is 3.96. The van der Waals surface area contributed by atoms with Gasteiger partial charge in [0, 0.05) is 60.2 Å². The number of benzene rings is 2. The molecular weight excluding hydrogens is 376 g/mol. The van der Waals surface area contributed by atoms with E-state index in [9.17, 15) is 4.79 Å². The second-order valence-corrected chi connectivity index (χ2v) is 7.95. The van der Waals surface area contributed by atoms with Crippen LogP contribution >= 0.6 is 0 Å². The Bertz CT molecular complexity index is 1150. The van der Waals surface area contributed by atoms with Gasteiger partial charge in [0.2, 0.25) is 0 Å². The van der Waals surface area contributed by atoms with E-state index in [-0.39, 0.29) is 5.91 Å². The van der Waals surface area contributed by atoms with Crippen molar-refractivity contribution in [1.82, 2.24) is 19.8 Å². The molecule has 154 valence electrons. The normalized spacial score (nSPS) is 15.2. The fourth-order valence-corrected chi connectivity index (χ4v) is 4.17. The Morgan fingerprint density at radius 1 is 0.933 bits per heavy atom. The van der Waals surface area contributed by atoms with Crippen molar-refractivity contribution in [3.63, 3.8) is 0 Å². The number of aromatic amines is 2. The molecule has 1 fully saturated rings. The summed E-state index contributed by atoms with van der Waals surface area (Å²) < 4.78 is 5.96. The average Bonchev–Trinajstić information content (AvgIpc) is 3.36. The van der Waals surface area contributed by atoms with Gasteiger partial charge in [0.05, 0.1) is 0 Å². The van der Waals surface area contributed by atoms with Gasteiger partial charge in [-0.3, -0.25) is 9.69 Å². The molecule has 30 heavy (non-hydrogen) atoms. The molecule has 0 atom stereocenters. The minimum absolute atomic E-state index is 0.0807. The third-order valence-electron chi connectivity index (χ3n) is 5.82. The number of para-hydroxylation sites is 1. The van der Waals surface area contributed by atoms with Crippen LogP contribution in [0.2, 0.25) is 0 Å². The molecule has 1 aliphatic heterocycles. The molecule has 2 aromatic heterocycles. The number of H-pyrrole nitrogens is 2. The number of piperazine rings is 1. The van der Waals surface area contributed by atoms with Crippen LogP contribution in [-0.2, 0) is 0 Å². The number of rotatable bonds is 5. The summed E-state index contributed by atoms with van der Waals surface area (Å²) in [5, 5.41) is 2.25. The Hall–Kier alpha value is -3.25. The van der Waals surface area contributed by atoms with E-state index in [4.69, 9.17) is 4.74 Å². The van der Waals surface area contributed by atoms with Crippen LogP contribution in [0.4, 0.5) is 0 Å². The highest BCUT2D eigenvalue weighted by atomic mass is 16.5. The molecular formula is C24H26N4O2. The van der Waals surface area contributed by atoms with E-state index in [1.54, 1.807) is 0 Å². The van der Waals surface area contributed by atoms with Crippen LogP contribution in [0.25, 0.3) is 21.8 Å². The third-order valence-corrected chi connectivity index (χ3v) is 5.82. The Morgan fingerprint density at radius 2 is 1.73 bits per heavy atom. The first kappa shape index (κ1) is 18.8. The second kappa shape index (κ2) is 7.88. The molecule has 3 heterocycles. The Kier molecular flexibility index (Phi) is 4.93. The zero-order valence-corrected chi connectivity index (χ0v) is 17.1. The molecule has 4 aromatic rings. The molecule has 0 unspecified atom stereocenters. The van der Waals surface area contributed by atoms with Crippen molar-refractivity contribution in [2.24, 2.45) is 0 Å². The molecule has 1 aliphatic rings. The van der Waals surface area contributed by atoms with Gasteiger partial charge in [-0.1, -0.05) is 18.2 Å². The number of carbonyl (C=O) groups excluding carboxylic acids is 1. The number of hydrogen-bond acceptors (Lipinski definition) is 3. The maximum absolute atomic E-state index is 12.8. The third kappa shape index (κ3) is 3.78. The van der Waals surface area contributed by atoms with Crippen LogP contribution in [0.3, 0.4) is 0 Å². The minimum Gasteiger partial charge on any atom is -0.492 e. The number of hydrogen-bond donors (Lipinski definition) is 2. The van der Waals surface area contributed by atoms with Crippen LogP contribution in [0, 0.1) is 6.92 Å². The van der Waals surface area contributed by atoms with E-state index in [0.29, 0.717) is 12.3 Å². The van der Waals surface area contributed by atoms with E-state index >= 15 is 0 Å². The number of nitrogens with zero attached hydrogens (tertiary/aromatic N) is 2. The van der Waals surface area contributed by atoms with Gasteiger partial charge in [-0.05, 0) is 43.3 Å². The van der Waals surface area contributed by atoms with Crippen molar-refractivity contribution >= 4 is 27.7 Å². The average molecular weight is 402 g/mol. The summed E-state index contributed by atoms with van der Waals surface area (Å²) in [7, 11) is 0. The summed E-state index contributed by atoms with van der Waals surface area (Å²) in [6.07, 6.45) is 0. The highest BCUT2D eigenvalue weighted by Gasteiger charge is 2.23. The fourth-order valence-electron chi connectivity index (χ4n) is 4.17. The molecule has 0 bridgehead atoms. The quantitative estimate of drug-likeness (QED) is 0.534. The Labute approximate surface area is 175 Å². The van der Waals surface area contributed by atoms with Crippen LogP contribution in [0.1, 0.15) is 16.2 Å². The van der Waals surface area contributed by atoms with Crippen molar-refractivity contribution < 1.29 is 9.53 Å². The van der Waals surface area contributed by atoms with E-state index < -0.39 is 0 Å². The smallest absolute Gasteiger partial charge is 0.270 e. The molecule has 5 rings (SSSR count). The van der Waals surface area contributed by atoms with Crippen molar-refractivity contribution in [2.45, 2.75) is 6.92 Å². The first-order valence-corrected chi connectivity index (χ1v) is 10.5. The largest absolute Gasteiger partial charge is 0.492 e. The molecule has 0 saturated carbocycles. The lowest BCUT2D eigenvalue weighted by Gasteiger charge is -2.34. The second-order valence-electron chi connectivity index (χ2n) is 7.95. The van der Waals surface area contributed by atoms with Gasteiger partial charge in [-0.15, -0.1) is 0 Å². The SMILES string of the molecule is Cc1cc2cc(OCCN3CCN(C(=O)c4cc5ccccc5[nH]4)CC3)ccc2[nH]1. The number of amides is 1. The lowest BCUT2D eigenvalue weighted by Crippen LogP contribution is -2.49. The summed E-state index contributed by atoms with van der Waals surface area (Å²) in [5.74, 6) is 0.978. The van der Waals surface area contributed by atoms with Crippen LogP contribution in [0.5, 0.6) is 5.75 Å². The predicted octanol–water partition coefficient (Wildman–Crippen LogP) is 3.79. The lowest BCUT2D eigenvalue weighted by atomic mass is 10.2. The van der Waals surface area contributed by atoms with Gasteiger partial charge < -0.3 is 19.6 Å². The van der Waals surface area contributed by atoms with E-state index in [2.05, 4.69) is 40.0 Å². The summed E-state index contributed by atoms with van der Waals surface area (Å²) in [4.78, 5) is 23.7. The predicted molar refractivity (Wildman–Crippen MR) is 119 cm³/mol. The number of carbonyl (C=O) groups is 1. The van der Waals surface area contributed by atoms with Gasteiger partial charge >= 0.3 is 0 Å². The topological polar surface area (TPSA) is 64.4 Å². The Morgan fingerprint density at radius 3 is 2.57 bits per heavy atom. The molecule has 0 radical (unpaired) electrons. The summed E-state index contributed by atoms with van der Waals surface area (Å²) >= 11 is 0. The summed E-state index contributed by atoms with van der Waals surface area (Å²) in [6.45, 7) is 6.77. The van der Waals surface area contributed by atoms with Gasteiger partial charge in [0.25, 0.3) is 5.91 Å². The van der Waals surface area contributed by atoms with Crippen LogP contribution in [0.15, 0.2) is 54.6 Å². The first-order chi connectivity index (χ1) is 14.7. The standard InChI is InChI=1S/C24H26N4O2/c1-17-14-19-15-20(6-7-22(19)25-17)30-13-12-27-8-10-28(11-9-27)24(29)23-16-18-4-2-3-5-21(18)26-23/h2-7,14-16,25-26H,8-13H2,1H3. The highest BCUT2D eigenvalue weighted by molar-refractivity contribution is 5.98. The number of aromatic nitrogens is 2. The summed E-state index contributed by atoms with van der Waals surface area (Å²) in [6, 6.07) is 18.2. The van der Waals surface area contributed by atoms with E-state index in [1.165, 1.54) is 5.39 Å². The van der Waals surface area contributed by atoms with Crippen LogP contribution < -0.4 is 4.74 Å². The van der Waals surface area contributed by atoms with Crippen molar-refractivity contribution in [3.05, 3.63) is 66.0 Å². The van der Waals surface area contributed by atoms with Gasteiger partial charge in [-0.25, -0.2) is 0 Å². The monoisotopic (exact) mass is 402 g/mol. The molecule has 6 nitrogen and oxygen atoms in total. The minimum atomic E-state index is 0.0807. The van der Waals surface area contributed by atoms with E-state index in [0.717, 1.165) is 60.6 Å². The maximum Gasteiger partial charge on any atom is 0.270 e. The zero-order valence-electron chi connectivity index (χ0n) is 17.1. The van der Waals surface area contributed by atoms with Gasteiger partial charge in [0.15, 0.2) is 0 Å². The molecule has 2 N–H and O–H groups in total. The molecule has 1 amide bonds.